The molecule has 0 radical (unpaired) electrons. The van der Waals surface area contributed by atoms with Gasteiger partial charge in [0.25, 0.3) is 0 Å². The Labute approximate surface area is 158 Å². The molecule has 3 aliphatic rings. The Kier molecular flexibility index (Phi) is 3.95. The Hall–Kier alpha value is -2.04. The molecule has 2 heterocycles. The van der Waals surface area contributed by atoms with Gasteiger partial charge in [0.2, 0.25) is 0 Å². The maximum Gasteiger partial charge on any atom is 0.149 e. The van der Waals surface area contributed by atoms with Crippen molar-refractivity contribution in [1.29, 1.82) is 0 Å². The van der Waals surface area contributed by atoms with Gasteiger partial charge in [-0.05, 0) is 53.6 Å². The van der Waals surface area contributed by atoms with E-state index in [1.165, 1.54) is 12.1 Å². The van der Waals surface area contributed by atoms with E-state index in [0.29, 0.717) is 0 Å². The fourth-order valence-corrected chi connectivity index (χ4v) is 5.49. The monoisotopic (exact) mass is 366 g/mol. The maximum atomic E-state index is 13.2. The van der Waals surface area contributed by atoms with Gasteiger partial charge >= 0.3 is 0 Å². The molecule has 5 rings (SSSR count). The minimum atomic E-state index is -0.667. The van der Waals surface area contributed by atoms with E-state index in [4.69, 9.17) is 4.74 Å². The first kappa shape index (κ1) is 17.1. The van der Waals surface area contributed by atoms with Crippen LogP contribution >= 0.6 is 0 Å². The summed E-state index contributed by atoms with van der Waals surface area (Å²) in [5.74, 6) is -0.768. The lowest BCUT2D eigenvalue weighted by molar-refractivity contribution is -0.124. The van der Waals surface area contributed by atoms with E-state index in [1.807, 2.05) is 12.1 Å². The van der Waals surface area contributed by atoms with Gasteiger partial charge in [-0.15, -0.1) is 0 Å². The zero-order chi connectivity index (χ0) is 18.7. The van der Waals surface area contributed by atoms with Gasteiger partial charge in [-0.25, -0.2) is 4.39 Å². The quantitative estimate of drug-likeness (QED) is 0.897. The van der Waals surface area contributed by atoms with Crippen LogP contribution in [-0.2, 0) is 16.0 Å². The molecule has 3 fully saturated rings. The Bertz CT molecular complexity index is 891. The number of carbonyl (C=O) groups is 1. The third-order valence-corrected chi connectivity index (χ3v) is 6.74. The number of carbonyl (C=O) groups excluding carboxylic acids is 1. The van der Waals surface area contributed by atoms with Gasteiger partial charge in [0.15, 0.2) is 0 Å². The first-order valence-electron chi connectivity index (χ1n) is 9.84. The van der Waals surface area contributed by atoms with Gasteiger partial charge < -0.3 is 9.84 Å². The van der Waals surface area contributed by atoms with Crippen LogP contribution < -0.4 is 0 Å². The topological polar surface area (TPSA) is 46.5 Å². The van der Waals surface area contributed by atoms with Crippen molar-refractivity contribution in [3.05, 3.63) is 59.4 Å². The van der Waals surface area contributed by atoms with Crippen LogP contribution in [-0.4, -0.2) is 29.2 Å². The summed E-state index contributed by atoms with van der Waals surface area (Å²) in [5.41, 5.74) is 3.95. The molecule has 2 aliphatic heterocycles. The molecule has 2 saturated heterocycles. The summed E-state index contributed by atoms with van der Waals surface area (Å²) in [4.78, 5) is 13.2. The molecule has 4 heteroatoms. The standard InChI is InChI=1S/C23H23FO3/c1-2-12-11-14(13-3-6-15(24)7-4-13)5-8-16(12)19-22(25)20-17-9-10-18(27-17)21(20)23(19)26/h3-8,11,17-22,25H,2,9-10H2,1H3. The Morgan fingerprint density at radius 2 is 1.78 bits per heavy atom. The predicted molar refractivity (Wildman–Crippen MR) is 99.8 cm³/mol. The van der Waals surface area contributed by atoms with Gasteiger partial charge in [-0.2, -0.15) is 0 Å². The highest BCUT2D eigenvalue weighted by Gasteiger charge is 2.62. The highest BCUT2D eigenvalue weighted by Crippen LogP contribution is 2.54. The lowest BCUT2D eigenvalue weighted by Gasteiger charge is -2.23. The van der Waals surface area contributed by atoms with Crippen LogP contribution in [0.15, 0.2) is 42.5 Å². The number of fused-ring (bicyclic) bond motifs is 5. The number of ketones is 1. The van der Waals surface area contributed by atoms with Crippen LogP contribution in [0.2, 0.25) is 0 Å². The molecular weight excluding hydrogens is 343 g/mol. The van der Waals surface area contributed by atoms with Crippen molar-refractivity contribution in [1.82, 2.24) is 0 Å². The van der Waals surface area contributed by atoms with Crippen molar-refractivity contribution in [2.45, 2.75) is 50.4 Å². The van der Waals surface area contributed by atoms with E-state index in [-0.39, 0.29) is 35.6 Å². The average Bonchev–Trinajstić information content (AvgIpc) is 3.36. The molecule has 2 bridgehead atoms. The number of aryl methyl sites for hydroxylation is 1. The highest BCUT2D eigenvalue weighted by molar-refractivity contribution is 5.93. The predicted octanol–water partition coefficient (Wildman–Crippen LogP) is 3.88. The van der Waals surface area contributed by atoms with E-state index >= 15 is 0 Å². The number of aliphatic hydroxyl groups is 1. The second-order valence-electron chi connectivity index (χ2n) is 8.04. The number of hydrogen-bond acceptors (Lipinski definition) is 3. The largest absolute Gasteiger partial charge is 0.392 e. The van der Waals surface area contributed by atoms with E-state index in [1.54, 1.807) is 12.1 Å². The Morgan fingerprint density at radius 3 is 2.48 bits per heavy atom. The van der Waals surface area contributed by atoms with Crippen molar-refractivity contribution >= 4 is 5.78 Å². The Morgan fingerprint density at radius 1 is 1.07 bits per heavy atom. The Balaban J connectivity index is 1.52. The number of halogens is 1. The van der Waals surface area contributed by atoms with Crippen molar-refractivity contribution in [3.8, 4) is 11.1 Å². The SMILES string of the molecule is CCc1cc(-c2ccc(F)cc2)ccc1C1C(=O)C2C3CCC(O3)C2C1O. The molecule has 140 valence electrons. The molecule has 0 amide bonds. The molecule has 2 aromatic carbocycles. The summed E-state index contributed by atoms with van der Waals surface area (Å²) in [6, 6.07) is 12.5. The second kappa shape index (κ2) is 6.25. The van der Waals surface area contributed by atoms with Crippen LogP contribution in [0.4, 0.5) is 4.39 Å². The van der Waals surface area contributed by atoms with E-state index in [9.17, 15) is 14.3 Å². The molecular formula is C23H23FO3. The molecule has 6 atom stereocenters. The molecule has 27 heavy (non-hydrogen) atoms. The summed E-state index contributed by atoms with van der Waals surface area (Å²) < 4.78 is 19.1. The lowest BCUT2D eigenvalue weighted by Crippen LogP contribution is -2.31. The zero-order valence-electron chi connectivity index (χ0n) is 15.3. The van der Waals surface area contributed by atoms with Crippen LogP contribution in [0.5, 0.6) is 0 Å². The van der Waals surface area contributed by atoms with Gasteiger partial charge in [0.1, 0.15) is 11.6 Å². The fourth-order valence-electron chi connectivity index (χ4n) is 5.49. The van der Waals surface area contributed by atoms with E-state index < -0.39 is 12.0 Å². The highest BCUT2D eigenvalue weighted by atomic mass is 19.1. The molecule has 0 spiro atoms. The minimum absolute atomic E-state index is 0.00397. The zero-order valence-corrected chi connectivity index (χ0v) is 15.3. The third kappa shape index (κ3) is 2.50. The van der Waals surface area contributed by atoms with Gasteiger partial charge in [-0.3, -0.25) is 4.79 Å². The first-order valence-corrected chi connectivity index (χ1v) is 9.84. The molecule has 3 nitrogen and oxygen atoms in total. The first-order chi connectivity index (χ1) is 13.1. The van der Waals surface area contributed by atoms with Crippen molar-refractivity contribution in [3.63, 3.8) is 0 Å². The molecule has 1 N–H and O–H groups in total. The van der Waals surface area contributed by atoms with Gasteiger partial charge in [0.05, 0.1) is 30.1 Å². The molecule has 6 unspecified atom stereocenters. The summed E-state index contributed by atoms with van der Waals surface area (Å²) in [7, 11) is 0. The van der Waals surface area contributed by atoms with Crippen LogP contribution in [0.3, 0.4) is 0 Å². The summed E-state index contributed by atoms with van der Waals surface area (Å²) in [6.45, 7) is 2.06. The number of aliphatic hydroxyl groups excluding tert-OH is 1. The molecule has 2 aromatic rings. The fraction of sp³-hybridized carbons (Fsp3) is 0.435. The number of benzene rings is 2. The minimum Gasteiger partial charge on any atom is -0.392 e. The summed E-state index contributed by atoms with van der Waals surface area (Å²) in [6.07, 6.45) is 2.02. The second-order valence-corrected chi connectivity index (χ2v) is 8.04. The van der Waals surface area contributed by atoms with E-state index in [2.05, 4.69) is 13.0 Å². The third-order valence-electron chi connectivity index (χ3n) is 6.74. The molecule has 0 aromatic heterocycles. The van der Waals surface area contributed by atoms with Crippen LogP contribution in [0.1, 0.15) is 36.8 Å². The summed E-state index contributed by atoms with van der Waals surface area (Å²) >= 11 is 0. The van der Waals surface area contributed by atoms with E-state index in [0.717, 1.165) is 41.5 Å². The normalized spacial score (nSPS) is 34.3. The van der Waals surface area contributed by atoms with Gasteiger partial charge in [0, 0.05) is 5.92 Å². The number of rotatable bonds is 3. The average molecular weight is 366 g/mol. The number of Topliss-reactive ketones (excluding diaryl/α,β-unsaturated/α-hetero) is 1. The van der Waals surface area contributed by atoms with Crippen molar-refractivity contribution in [2.24, 2.45) is 11.8 Å². The molecule has 1 saturated carbocycles. The van der Waals surface area contributed by atoms with Crippen LogP contribution in [0.25, 0.3) is 11.1 Å². The van der Waals surface area contributed by atoms with Gasteiger partial charge in [-0.1, -0.05) is 37.3 Å². The number of hydrogen-bond donors (Lipinski definition) is 1. The van der Waals surface area contributed by atoms with Crippen molar-refractivity contribution < 1.29 is 19.0 Å². The smallest absolute Gasteiger partial charge is 0.149 e. The molecule has 1 aliphatic carbocycles. The van der Waals surface area contributed by atoms with Crippen molar-refractivity contribution in [2.75, 3.05) is 0 Å². The lowest BCUT2D eigenvalue weighted by atomic mass is 9.81. The maximum absolute atomic E-state index is 13.2. The summed E-state index contributed by atoms with van der Waals surface area (Å²) in [5, 5.41) is 11.0. The van der Waals surface area contributed by atoms with Crippen LogP contribution in [0, 0.1) is 17.7 Å². The number of ether oxygens (including phenoxy) is 1.